The fraction of sp³-hybridized carbons (Fsp3) is 0.0455. The van der Waals surface area contributed by atoms with E-state index in [4.69, 9.17) is 4.74 Å². The van der Waals surface area contributed by atoms with E-state index in [-0.39, 0.29) is 27.8 Å². The van der Waals surface area contributed by atoms with Gasteiger partial charge in [0, 0.05) is 44.7 Å². The lowest BCUT2D eigenvalue weighted by atomic mass is 9.97. The van der Waals surface area contributed by atoms with Crippen molar-refractivity contribution in [3.05, 3.63) is 99.8 Å². The smallest absolute Gasteiger partial charge is 0.338 e. The summed E-state index contributed by atoms with van der Waals surface area (Å²) in [5.41, 5.74) is -1.02. The molecule has 13 heteroatoms. The number of rotatable bonds is 4. The molecular formula is C22H11N3O8S2. The lowest BCUT2D eigenvalue weighted by molar-refractivity contribution is -0.393. The normalized spacial score (nSPS) is 13.2. The first-order valence-corrected chi connectivity index (χ1v) is 11.4. The van der Waals surface area contributed by atoms with E-state index >= 15 is 0 Å². The van der Waals surface area contributed by atoms with Crippen molar-refractivity contribution in [3.8, 4) is 11.1 Å². The van der Waals surface area contributed by atoms with Crippen molar-refractivity contribution in [2.75, 3.05) is 7.11 Å². The van der Waals surface area contributed by atoms with Crippen molar-refractivity contribution >= 4 is 52.1 Å². The molecule has 0 aromatic heterocycles. The number of carbonyl (C=O) groups excluding carboxylic acids is 1. The predicted molar refractivity (Wildman–Crippen MR) is 127 cm³/mol. The van der Waals surface area contributed by atoms with Gasteiger partial charge in [-0.05, 0) is 17.7 Å². The number of methoxy groups -OCH3 is 1. The Balaban J connectivity index is 1.94. The van der Waals surface area contributed by atoms with Gasteiger partial charge >= 0.3 is 5.97 Å². The quantitative estimate of drug-likeness (QED) is 0.187. The first-order valence-electron chi connectivity index (χ1n) is 9.79. The molecule has 0 spiro atoms. The van der Waals surface area contributed by atoms with Crippen LogP contribution in [0.3, 0.4) is 0 Å². The van der Waals surface area contributed by atoms with Gasteiger partial charge in [0.25, 0.3) is 17.1 Å². The number of hydrogen-bond donors (Lipinski definition) is 0. The van der Waals surface area contributed by atoms with Crippen LogP contribution in [0.4, 0.5) is 17.1 Å². The van der Waals surface area contributed by atoms with Crippen LogP contribution in [0.2, 0.25) is 0 Å². The fourth-order valence-electron chi connectivity index (χ4n) is 4.10. The van der Waals surface area contributed by atoms with Gasteiger partial charge in [-0.1, -0.05) is 35.7 Å². The number of benzene rings is 3. The van der Waals surface area contributed by atoms with E-state index in [0.717, 1.165) is 29.0 Å². The molecule has 35 heavy (non-hydrogen) atoms. The summed E-state index contributed by atoms with van der Waals surface area (Å²) in [5.74, 6) is -0.926. The number of ether oxygens (including phenoxy) is 1. The molecule has 0 saturated heterocycles. The average molecular weight is 509 g/mol. The molecule has 11 nitrogen and oxygen atoms in total. The molecule has 0 unspecified atom stereocenters. The number of carbonyl (C=O) groups is 1. The van der Waals surface area contributed by atoms with Crippen LogP contribution in [0.15, 0.2) is 62.6 Å². The minimum absolute atomic E-state index is 0.0226. The monoisotopic (exact) mass is 509 g/mol. The second-order valence-corrected chi connectivity index (χ2v) is 9.74. The van der Waals surface area contributed by atoms with Crippen LogP contribution in [0.25, 0.3) is 16.7 Å². The summed E-state index contributed by atoms with van der Waals surface area (Å²) in [7, 11) is 1.09. The average Bonchev–Trinajstić information content (AvgIpc) is 3.40. The summed E-state index contributed by atoms with van der Waals surface area (Å²) in [5, 5.41) is 35.3. The molecule has 0 radical (unpaired) electrons. The van der Waals surface area contributed by atoms with Crippen LogP contribution in [-0.2, 0) is 4.74 Å². The lowest BCUT2D eigenvalue weighted by Crippen LogP contribution is -2.06. The van der Waals surface area contributed by atoms with E-state index in [9.17, 15) is 35.1 Å². The van der Waals surface area contributed by atoms with E-state index in [0.29, 0.717) is 9.81 Å². The molecule has 0 atom stereocenters. The van der Waals surface area contributed by atoms with Gasteiger partial charge in [0.15, 0.2) is 0 Å². The number of nitrogens with zero attached hydrogens (tertiary/aromatic N) is 3. The molecule has 0 saturated carbocycles. The number of non-ortho nitro benzene ring substituents is 2. The summed E-state index contributed by atoms with van der Waals surface area (Å²) in [6, 6.07) is 11.7. The van der Waals surface area contributed by atoms with Crippen molar-refractivity contribution in [3.63, 3.8) is 0 Å². The van der Waals surface area contributed by atoms with Crippen LogP contribution in [-0.4, -0.2) is 27.8 Å². The van der Waals surface area contributed by atoms with Crippen molar-refractivity contribution in [2.24, 2.45) is 0 Å². The Morgan fingerprint density at radius 1 is 0.800 bits per heavy atom. The van der Waals surface area contributed by atoms with E-state index in [1.54, 1.807) is 0 Å². The molecule has 1 heterocycles. The van der Waals surface area contributed by atoms with Gasteiger partial charge in [-0.25, -0.2) is 4.79 Å². The minimum atomic E-state index is -0.926. The number of thioether (sulfide) groups is 2. The van der Waals surface area contributed by atoms with Gasteiger partial charge in [-0.2, -0.15) is 0 Å². The van der Waals surface area contributed by atoms with Gasteiger partial charge in [0.1, 0.15) is 0 Å². The molecule has 5 rings (SSSR count). The molecule has 0 bridgehead atoms. The molecule has 2 aliphatic rings. The maximum atomic E-state index is 12.7. The topological polar surface area (TPSA) is 156 Å². The number of fused-ring (bicyclic) bond motifs is 4. The van der Waals surface area contributed by atoms with Crippen LogP contribution >= 0.6 is 23.5 Å². The van der Waals surface area contributed by atoms with E-state index in [1.165, 1.54) is 35.7 Å². The maximum Gasteiger partial charge on any atom is 0.338 e. The highest BCUT2D eigenvalue weighted by Crippen LogP contribution is 2.60. The zero-order valence-corrected chi connectivity index (χ0v) is 19.2. The highest BCUT2D eigenvalue weighted by Gasteiger charge is 2.40. The molecule has 0 amide bonds. The number of hydrogen-bond acceptors (Lipinski definition) is 10. The Labute approximate surface area is 204 Å². The van der Waals surface area contributed by atoms with Crippen molar-refractivity contribution in [2.45, 2.75) is 9.79 Å². The zero-order valence-electron chi connectivity index (χ0n) is 17.5. The maximum absolute atomic E-state index is 12.7. The third-order valence-electron chi connectivity index (χ3n) is 5.50. The van der Waals surface area contributed by atoms with Crippen molar-refractivity contribution < 1.29 is 24.3 Å². The fourth-order valence-corrected chi connectivity index (χ4v) is 6.73. The lowest BCUT2D eigenvalue weighted by Gasteiger charge is -2.09. The van der Waals surface area contributed by atoms with Gasteiger partial charge in [-0.15, -0.1) is 0 Å². The Morgan fingerprint density at radius 2 is 1.34 bits per heavy atom. The second-order valence-electron chi connectivity index (χ2n) is 7.38. The van der Waals surface area contributed by atoms with Crippen LogP contribution in [0.1, 0.15) is 21.5 Å². The number of nitro benzene ring substituents is 3. The Bertz CT molecular complexity index is 1520. The summed E-state index contributed by atoms with van der Waals surface area (Å²) < 4.78 is 5.44. The van der Waals surface area contributed by atoms with Gasteiger partial charge in [0.05, 0.1) is 43.3 Å². The second kappa shape index (κ2) is 8.21. The van der Waals surface area contributed by atoms with Crippen molar-refractivity contribution in [1.82, 2.24) is 0 Å². The zero-order chi connectivity index (χ0) is 25.0. The predicted octanol–water partition coefficient (Wildman–Crippen LogP) is 5.79. The van der Waals surface area contributed by atoms with Gasteiger partial charge in [0.2, 0.25) is 0 Å². The summed E-state index contributed by atoms with van der Waals surface area (Å²) in [4.78, 5) is 47.6. The number of esters is 1. The summed E-state index contributed by atoms with van der Waals surface area (Å²) in [6.45, 7) is 0. The van der Waals surface area contributed by atoms with E-state index in [2.05, 4.69) is 0 Å². The third-order valence-corrected chi connectivity index (χ3v) is 8.06. The van der Waals surface area contributed by atoms with Crippen LogP contribution in [0.5, 0.6) is 0 Å². The first kappa shape index (κ1) is 22.6. The van der Waals surface area contributed by atoms with Crippen LogP contribution < -0.4 is 0 Å². The van der Waals surface area contributed by atoms with E-state index in [1.807, 2.05) is 24.3 Å². The molecular weight excluding hydrogens is 498 g/mol. The molecule has 3 aromatic carbocycles. The summed E-state index contributed by atoms with van der Waals surface area (Å²) >= 11 is 2.68. The molecule has 1 aliphatic carbocycles. The Hall–Kier alpha value is -4.23. The number of nitro groups is 3. The molecule has 0 fully saturated rings. The van der Waals surface area contributed by atoms with Crippen molar-refractivity contribution in [1.29, 1.82) is 0 Å². The first-order chi connectivity index (χ1) is 16.7. The van der Waals surface area contributed by atoms with Crippen LogP contribution in [0, 0.1) is 30.3 Å². The highest BCUT2D eigenvalue weighted by molar-refractivity contribution is 8.25. The minimum Gasteiger partial charge on any atom is -0.465 e. The molecule has 0 N–H and O–H groups in total. The largest absolute Gasteiger partial charge is 0.465 e. The molecule has 1 aliphatic heterocycles. The molecule has 3 aromatic rings. The Morgan fingerprint density at radius 3 is 1.86 bits per heavy atom. The standard InChI is InChI=1S/C22H11N3O8S2/c1-33-21(26)14-8-10(23(27)28)6-12-18(14)20-13(7-11(24(29)30)9-15(20)25(31)32)19(12)22-34-16-4-2-3-5-17(16)35-22/h2-9H,1H3. The Kier molecular flexibility index (Phi) is 5.29. The van der Waals surface area contributed by atoms with Gasteiger partial charge < -0.3 is 4.74 Å². The highest BCUT2D eigenvalue weighted by atomic mass is 32.2. The van der Waals surface area contributed by atoms with E-state index < -0.39 is 37.8 Å². The third kappa shape index (κ3) is 3.52. The van der Waals surface area contributed by atoms with Gasteiger partial charge in [-0.3, -0.25) is 30.3 Å². The summed E-state index contributed by atoms with van der Waals surface area (Å²) in [6.07, 6.45) is 0. The SMILES string of the molecule is COC(=O)c1cc([N+](=O)[O-])cc2c1-c1c(cc([N+](=O)[O-])cc1[N+](=O)[O-])C2=C1Sc2ccccc2S1. The molecule has 174 valence electrons.